The second-order valence-corrected chi connectivity index (χ2v) is 4.79. The Morgan fingerprint density at radius 2 is 1.93 bits per heavy atom. The van der Waals surface area contributed by atoms with Crippen LogP contribution in [0.2, 0.25) is 0 Å². The first-order valence-electron chi connectivity index (χ1n) is 5.86. The van der Waals surface area contributed by atoms with Crippen LogP contribution in [0.1, 0.15) is 33.6 Å². The van der Waals surface area contributed by atoms with E-state index in [0.29, 0.717) is 6.04 Å². The van der Waals surface area contributed by atoms with Gasteiger partial charge in [-0.1, -0.05) is 6.92 Å². The highest BCUT2D eigenvalue weighted by Gasteiger charge is 2.30. The van der Waals surface area contributed by atoms with Gasteiger partial charge in [-0.3, -0.25) is 0 Å². The van der Waals surface area contributed by atoms with E-state index in [1.165, 1.54) is 0 Å². The van der Waals surface area contributed by atoms with Gasteiger partial charge < -0.3 is 15.0 Å². The van der Waals surface area contributed by atoms with Crippen molar-refractivity contribution in [2.75, 3.05) is 34.4 Å². The van der Waals surface area contributed by atoms with E-state index < -0.39 is 0 Å². The molecule has 0 amide bonds. The number of nitrogens with one attached hydrogen (secondary N) is 1. The maximum Gasteiger partial charge on any atom is 0.0462 e. The van der Waals surface area contributed by atoms with E-state index >= 15 is 0 Å². The van der Waals surface area contributed by atoms with Crippen LogP contribution in [0.3, 0.4) is 0 Å². The number of nitrogens with zero attached hydrogens (tertiary/aromatic N) is 1. The van der Waals surface area contributed by atoms with Gasteiger partial charge in [0, 0.05) is 25.3 Å². The van der Waals surface area contributed by atoms with E-state index in [4.69, 9.17) is 4.74 Å². The summed E-state index contributed by atoms with van der Waals surface area (Å²) in [7, 11) is 6.04. The van der Waals surface area contributed by atoms with Crippen LogP contribution < -0.4 is 5.32 Å². The second-order valence-electron chi connectivity index (χ2n) is 4.79. The Hall–Kier alpha value is -0.120. The van der Waals surface area contributed by atoms with Gasteiger partial charge in [0.25, 0.3) is 0 Å². The number of hydrogen-bond acceptors (Lipinski definition) is 3. The molecule has 1 unspecified atom stereocenters. The monoisotopic (exact) mass is 216 g/mol. The van der Waals surface area contributed by atoms with Gasteiger partial charge in [0.05, 0.1) is 0 Å². The zero-order chi connectivity index (χ0) is 11.9. The number of methoxy groups -OCH3 is 1. The number of rotatable bonds is 8. The molecular weight excluding hydrogens is 188 g/mol. The van der Waals surface area contributed by atoms with Crippen molar-refractivity contribution in [2.45, 2.75) is 45.2 Å². The summed E-state index contributed by atoms with van der Waals surface area (Å²) in [5.74, 6) is 0. The van der Waals surface area contributed by atoms with E-state index in [1.54, 1.807) is 7.11 Å². The lowest BCUT2D eigenvalue weighted by molar-refractivity contribution is 0.121. The number of likely N-dealkylation sites (N-methyl/N-ethyl adjacent to an activating group) is 2. The Morgan fingerprint density at radius 3 is 2.33 bits per heavy atom. The van der Waals surface area contributed by atoms with Crippen molar-refractivity contribution < 1.29 is 4.74 Å². The fraction of sp³-hybridized carbons (Fsp3) is 1.00. The molecular formula is C12H28N2O. The maximum atomic E-state index is 5.10. The van der Waals surface area contributed by atoms with Crippen molar-refractivity contribution in [1.82, 2.24) is 10.2 Å². The van der Waals surface area contributed by atoms with Crippen LogP contribution in [-0.2, 0) is 4.74 Å². The molecule has 0 aromatic rings. The highest BCUT2D eigenvalue weighted by molar-refractivity contribution is 4.90. The van der Waals surface area contributed by atoms with Gasteiger partial charge in [0.15, 0.2) is 0 Å². The van der Waals surface area contributed by atoms with Crippen LogP contribution in [-0.4, -0.2) is 50.8 Å². The predicted molar refractivity (Wildman–Crippen MR) is 66.3 cm³/mol. The van der Waals surface area contributed by atoms with Crippen LogP contribution >= 0.6 is 0 Å². The minimum absolute atomic E-state index is 0.184. The minimum Gasteiger partial charge on any atom is -0.385 e. The van der Waals surface area contributed by atoms with Crippen molar-refractivity contribution in [2.24, 2.45) is 0 Å². The molecule has 0 aliphatic carbocycles. The third-order valence-electron chi connectivity index (χ3n) is 3.30. The third-order valence-corrected chi connectivity index (χ3v) is 3.30. The zero-order valence-electron chi connectivity index (χ0n) is 11.3. The van der Waals surface area contributed by atoms with E-state index in [1.807, 2.05) is 0 Å². The van der Waals surface area contributed by atoms with E-state index in [2.05, 4.69) is 45.1 Å². The molecule has 0 heterocycles. The molecule has 0 fully saturated rings. The van der Waals surface area contributed by atoms with Gasteiger partial charge in [-0.05, 0) is 47.3 Å². The first kappa shape index (κ1) is 14.9. The lowest BCUT2D eigenvalue weighted by Gasteiger charge is -2.40. The molecule has 1 N–H and O–H groups in total. The standard InChI is InChI=1S/C12H28N2O/c1-7-13-11(9-8-10-15-6)12(2,3)14(4)5/h11,13H,7-10H2,1-6H3. The van der Waals surface area contributed by atoms with Crippen molar-refractivity contribution in [3.8, 4) is 0 Å². The van der Waals surface area contributed by atoms with Crippen LogP contribution in [0.25, 0.3) is 0 Å². The average Bonchev–Trinajstić information content (AvgIpc) is 2.16. The number of hydrogen-bond donors (Lipinski definition) is 1. The summed E-state index contributed by atoms with van der Waals surface area (Å²) in [6.45, 7) is 8.61. The summed E-state index contributed by atoms with van der Waals surface area (Å²) in [5, 5.41) is 3.57. The molecule has 3 heteroatoms. The average molecular weight is 216 g/mol. The predicted octanol–water partition coefficient (Wildman–Crippen LogP) is 1.73. The summed E-state index contributed by atoms with van der Waals surface area (Å²) in [5.41, 5.74) is 0.184. The van der Waals surface area contributed by atoms with Crippen molar-refractivity contribution in [3.63, 3.8) is 0 Å². The van der Waals surface area contributed by atoms with Crippen molar-refractivity contribution in [1.29, 1.82) is 0 Å². The SMILES string of the molecule is CCNC(CCCOC)C(C)(C)N(C)C. The fourth-order valence-corrected chi connectivity index (χ4v) is 1.69. The van der Waals surface area contributed by atoms with E-state index in [9.17, 15) is 0 Å². The summed E-state index contributed by atoms with van der Waals surface area (Å²) < 4.78 is 5.10. The highest BCUT2D eigenvalue weighted by atomic mass is 16.5. The first-order valence-corrected chi connectivity index (χ1v) is 5.86. The molecule has 0 aromatic heterocycles. The van der Waals surface area contributed by atoms with Crippen LogP contribution in [0.4, 0.5) is 0 Å². The molecule has 0 rings (SSSR count). The van der Waals surface area contributed by atoms with Gasteiger partial charge in [-0.25, -0.2) is 0 Å². The Balaban J connectivity index is 4.23. The van der Waals surface area contributed by atoms with Crippen LogP contribution in [0, 0.1) is 0 Å². The van der Waals surface area contributed by atoms with Crippen LogP contribution in [0.15, 0.2) is 0 Å². The minimum atomic E-state index is 0.184. The first-order chi connectivity index (χ1) is 6.96. The summed E-state index contributed by atoms with van der Waals surface area (Å²) in [6, 6.07) is 0.521. The summed E-state index contributed by atoms with van der Waals surface area (Å²) in [4.78, 5) is 2.28. The van der Waals surface area contributed by atoms with Gasteiger partial charge in [0.2, 0.25) is 0 Å². The molecule has 1 atom stereocenters. The molecule has 0 radical (unpaired) electrons. The Bertz CT molecular complexity index is 158. The molecule has 0 aromatic carbocycles. The Morgan fingerprint density at radius 1 is 1.33 bits per heavy atom. The molecule has 0 aliphatic rings. The normalized spacial score (nSPS) is 14.6. The maximum absolute atomic E-state index is 5.10. The summed E-state index contributed by atoms with van der Waals surface area (Å²) >= 11 is 0. The van der Waals surface area contributed by atoms with Gasteiger partial charge in [-0.15, -0.1) is 0 Å². The van der Waals surface area contributed by atoms with Crippen molar-refractivity contribution in [3.05, 3.63) is 0 Å². The number of ether oxygens (including phenoxy) is 1. The van der Waals surface area contributed by atoms with E-state index in [-0.39, 0.29) is 5.54 Å². The summed E-state index contributed by atoms with van der Waals surface area (Å²) in [6.07, 6.45) is 2.28. The molecule has 3 nitrogen and oxygen atoms in total. The van der Waals surface area contributed by atoms with Gasteiger partial charge in [0.1, 0.15) is 0 Å². The molecule has 0 aliphatic heterocycles. The van der Waals surface area contributed by atoms with Crippen molar-refractivity contribution >= 4 is 0 Å². The molecule has 0 saturated carbocycles. The largest absolute Gasteiger partial charge is 0.385 e. The Kier molecular flexibility index (Phi) is 7.14. The molecule has 0 saturated heterocycles. The fourth-order valence-electron chi connectivity index (χ4n) is 1.69. The third kappa shape index (κ3) is 4.96. The molecule has 15 heavy (non-hydrogen) atoms. The Labute approximate surface area is 95.2 Å². The van der Waals surface area contributed by atoms with Crippen LogP contribution in [0.5, 0.6) is 0 Å². The van der Waals surface area contributed by atoms with Gasteiger partial charge in [-0.2, -0.15) is 0 Å². The lowest BCUT2D eigenvalue weighted by Crippen LogP contribution is -2.55. The topological polar surface area (TPSA) is 24.5 Å². The molecule has 0 bridgehead atoms. The highest BCUT2D eigenvalue weighted by Crippen LogP contribution is 2.19. The zero-order valence-corrected chi connectivity index (χ0v) is 11.3. The second kappa shape index (κ2) is 7.20. The lowest BCUT2D eigenvalue weighted by atomic mass is 9.89. The quantitative estimate of drug-likeness (QED) is 0.625. The van der Waals surface area contributed by atoms with E-state index in [0.717, 1.165) is 26.0 Å². The smallest absolute Gasteiger partial charge is 0.0462 e. The molecule has 92 valence electrons. The van der Waals surface area contributed by atoms with Gasteiger partial charge >= 0.3 is 0 Å². The molecule has 0 spiro atoms.